The molecule has 0 unspecified atom stereocenters. The monoisotopic (exact) mass is 575 g/mol. The topological polar surface area (TPSA) is 101 Å². The highest BCUT2D eigenvalue weighted by atomic mass is 32.1. The van der Waals surface area contributed by atoms with Crippen LogP contribution in [0.15, 0.2) is 47.8 Å². The number of H-pyrrole nitrogens is 1. The molecule has 10 heteroatoms. The minimum Gasteiger partial charge on any atom is -0.491 e. The van der Waals surface area contributed by atoms with Gasteiger partial charge in [-0.25, -0.2) is 0 Å². The summed E-state index contributed by atoms with van der Waals surface area (Å²) in [6.07, 6.45) is 4.91. The fourth-order valence-corrected chi connectivity index (χ4v) is 6.06. The lowest BCUT2D eigenvalue weighted by Gasteiger charge is -2.19. The van der Waals surface area contributed by atoms with Gasteiger partial charge in [0.25, 0.3) is 5.91 Å². The van der Waals surface area contributed by atoms with Crippen molar-refractivity contribution >= 4 is 46.0 Å². The highest BCUT2D eigenvalue weighted by molar-refractivity contribution is 7.12. The van der Waals surface area contributed by atoms with Crippen molar-refractivity contribution in [1.82, 2.24) is 20.4 Å². The van der Waals surface area contributed by atoms with Crippen molar-refractivity contribution in [3.05, 3.63) is 69.5 Å². The average Bonchev–Trinajstić information content (AvgIpc) is 3.72. The van der Waals surface area contributed by atoms with Gasteiger partial charge in [-0.3, -0.25) is 14.8 Å². The molecule has 0 radical (unpaired) electrons. The van der Waals surface area contributed by atoms with Crippen LogP contribution in [0, 0.1) is 6.92 Å². The number of aryl methyl sites for hydroxylation is 1. The number of hydrogen-bond donors (Lipinski definition) is 3. The molecule has 0 saturated carbocycles. The van der Waals surface area contributed by atoms with Crippen LogP contribution >= 0.6 is 11.3 Å². The van der Waals surface area contributed by atoms with Crippen molar-refractivity contribution in [2.24, 2.45) is 0 Å². The molecule has 0 bridgehead atoms. The molecule has 4 aromatic rings. The van der Waals surface area contributed by atoms with E-state index >= 15 is 0 Å². The van der Waals surface area contributed by atoms with Crippen LogP contribution in [0.2, 0.25) is 0 Å². The number of nitrogens with one attached hydrogen (secondary N) is 3. The summed E-state index contributed by atoms with van der Waals surface area (Å²) in [4.78, 5) is 16.3. The number of carbonyl (C=O) groups excluding carboxylic acids is 1. The first-order valence-electron chi connectivity index (χ1n) is 13.7. The van der Waals surface area contributed by atoms with Gasteiger partial charge in [-0.2, -0.15) is 5.10 Å². The molecule has 5 rings (SSSR count). The normalized spacial score (nSPS) is 17.5. The number of aromatic nitrogens is 2. The maximum atomic E-state index is 13.3. The summed E-state index contributed by atoms with van der Waals surface area (Å²) < 4.78 is 17.6. The van der Waals surface area contributed by atoms with E-state index in [-0.39, 0.29) is 12.0 Å². The first kappa shape index (κ1) is 28.8. The number of aromatic amines is 1. The highest BCUT2D eigenvalue weighted by Gasteiger charge is 2.31. The molecule has 2 atom stereocenters. The van der Waals surface area contributed by atoms with Gasteiger partial charge in [-0.15, -0.1) is 11.3 Å². The van der Waals surface area contributed by atoms with Gasteiger partial charge < -0.3 is 24.8 Å². The second-order valence-electron chi connectivity index (χ2n) is 10.1. The summed E-state index contributed by atoms with van der Waals surface area (Å²) in [5.41, 5.74) is 4.03. The fraction of sp³-hybridized carbons (Fsp3) is 0.355. The zero-order chi connectivity index (χ0) is 28.8. The van der Waals surface area contributed by atoms with Crippen LogP contribution in [-0.4, -0.2) is 80.7 Å². The standard InChI is InChI=1S/C31H37N5O4S/c1-20-14-17-41-30(20)31(37)33-28-21(10-12-24-22-8-5-6-9-23(22)34-35-24)11-13-26(29(28)39-4)40-16-7-15-36-18-25(32-2)27(19-36)38-3/h5-6,8-14,17,25,27,32H,7,15-16,18-19H2,1-4H3,(H,33,37)(H,34,35)/t25-,27-/m1/s1. The summed E-state index contributed by atoms with van der Waals surface area (Å²) in [5.74, 6) is 0.878. The maximum Gasteiger partial charge on any atom is 0.266 e. The molecule has 41 heavy (non-hydrogen) atoms. The van der Waals surface area contributed by atoms with E-state index in [4.69, 9.17) is 14.2 Å². The van der Waals surface area contributed by atoms with Gasteiger partial charge in [-0.1, -0.05) is 24.3 Å². The van der Waals surface area contributed by atoms with Gasteiger partial charge in [0.05, 0.1) is 41.6 Å². The van der Waals surface area contributed by atoms with Crippen molar-refractivity contribution in [2.45, 2.75) is 25.5 Å². The average molecular weight is 576 g/mol. The first-order chi connectivity index (χ1) is 20.0. The molecule has 1 aliphatic rings. The third-order valence-electron chi connectivity index (χ3n) is 7.48. The molecule has 0 spiro atoms. The van der Waals surface area contributed by atoms with Crippen LogP contribution in [0.5, 0.6) is 11.5 Å². The van der Waals surface area contributed by atoms with Crippen LogP contribution in [0.4, 0.5) is 5.69 Å². The van der Waals surface area contributed by atoms with Gasteiger partial charge in [0, 0.05) is 43.7 Å². The lowest BCUT2D eigenvalue weighted by atomic mass is 10.1. The Balaban J connectivity index is 1.36. The maximum absolute atomic E-state index is 13.3. The quantitative estimate of drug-likeness (QED) is 0.203. The minimum absolute atomic E-state index is 0.186. The summed E-state index contributed by atoms with van der Waals surface area (Å²) in [6.45, 7) is 5.19. The molecule has 9 nitrogen and oxygen atoms in total. The van der Waals surface area contributed by atoms with E-state index < -0.39 is 0 Å². The molecule has 2 aromatic carbocycles. The van der Waals surface area contributed by atoms with Crippen molar-refractivity contribution in [2.75, 3.05) is 52.8 Å². The third kappa shape index (κ3) is 6.46. The molecular weight excluding hydrogens is 538 g/mol. The van der Waals surface area contributed by atoms with Crippen molar-refractivity contribution in [1.29, 1.82) is 0 Å². The number of ether oxygens (including phenoxy) is 3. The Bertz CT molecular complexity index is 1500. The van der Waals surface area contributed by atoms with Crippen molar-refractivity contribution < 1.29 is 19.0 Å². The van der Waals surface area contributed by atoms with Crippen LogP contribution in [0.1, 0.15) is 32.9 Å². The van der Waals surface area contributed by atoms with Crippen LogP contribution in [0.25, 0.3) is 23.1 Å². The van der Waals surface area contributed by atoms with Gasteiger partial charge in [0.15, 0.2) is 11.5 Å². The SMILES string of the molecule is CN[C@@H]1CN(CCCOc2ccc(C=Cc3n[nH]c4ccccc34)c(NC(=O)c3sccc3C)c2OC)C[C@H]1OC. The van der Waals surface area contributed by atoms with Crippen LogP contribution < -0.4 is 20.1 Å². The number of hydrogen-bond acceptors (Lipinski definition) is 8. The molecular formula is C31H37N5O4S. The smallest absolute Gasteiger partial charge is 0.266 e. The summed E-state index contributed by atoms with van der Waals surface area (Å²) in [7, 11) is 5.33. The van der Waals surface area contributed by atoms with Gasteiger partial charge in [0.1, 0.15) is 0 Å². The molecule has 0 aliphatic carbocycles. The molecule has 1 aliphatic heterocycles. The number of para-hydroxylation sites is 1. The number of rotatable bonds is 12. The second kappa shape index (κ2) is 13.3. The lowest BCUT2D eigenvalue weighted by Crippen LogP contribution is -2.37. The first-order valence-corrected chi connectivity index (χ1v) is 14.6. The molecule has 216 valence electrons. The predicted octanol–water partition coefficient (Wildman–Crippen LogP) is 5.05. The van der Waals surface area contributed by atoms with E-state index in [9.17, 15) is 4.79 Å². The van der Waals surface area contributed by atoms with Crippen LogP contribution in [-0.2, 0) is 4.74 Å². The Morgan fingerprint density at radius 2 is 2.02 bits per heavy atom. The predicted molar refractivity (Wildman–Crippen MR) is 165 cm³/mol. The number of methoxy groups -OCH3 is 2. The summed E-state index contributed by atoms with van der Waals surface area (Å²) >= 11 is 1.41. The van der Waals surface area contributed by atoms with Crippen molar-refractivity contribution in [3.63, 3.8) is 0 Å². The van der Waals surface area contributed by atoms with E-state index in [0.717, 1.165) is 53.8 Å². The van der Waals surface area contributed by atoms with Crippen LogP contribution in [0.3, 0.4) is 0 Å². The van der Waals surface area contributed by atoms with E-state index in [1.165, 1.54) is 11.3 Å². The number of carbonyl (C=O) groups is 1. The number of likely N-dealkylation sites (tertiary alicyclic amines) is 1. The second-order valence-corrected chi connectivity index (χ2v) is 11.0. The fourth-order valence-electron chi connectivity index (χ4n) is 5.24. The molecule has 1 amide bonds. The highest BCUT2D eigenvalue weighted by Crippen LogP contribution is 2.40. The third-order valence-corrected chi connectivity index (χ3v) is 8.49. The lowest BCUT2D eigenvalue weighted by molar-refractivity contribution is 0.0913. The van der Waals surface area contributed by atoms with E-state index in [1.54, 1.807) is 14.2 Å². The Labute approximate surface area is 244 Å². The van der Waals surface area contributed by atoms with Gasteiger partial charge in [-0.05, 0) is 61.7 Å². The molecule has 1 fully saturated rings. The Kier molecular flexibility index (Phi) is 9.35. The Hall–Kier alpha value is -3.70. The Morgan fingerprint density at radius 1 is 1.17 bits per heavy atom. The van der Waals surface area contributed by atoms with E-state index in [1.807, 2.05) is 74.0 Å². The number of nitrogens with zero attached hydrogens (tertiary/aromatic N) is 2. The Morgan fingerprint density at radius 3 is 2.76 bits per heavy atom. The molecule has 3 heterocycles. The zero-order valence-corrected chi connectivity index (χ0v) is 24.7. The number of benzene rings is 2. The number of likely N-dealkylation sites (N-methyl/N-ethyl adjacent to an activating group) is 1. The molecule has 1 saturated heterocycles. The summed E-state index contributed by atoms with van der Waals surface area (Å²) in [5, 5.41) is 16.9. The van der Waals surface area contributed by atoms with Gasteiger partial charge >= 0.3 is 0 Å². The largest absolute Gasteiger partial charge is 0.491 e. The van der Waals surface area contributed by atoms with Gasteiger partial charge in [0.2, 0.25) is 0 Å². The minimum atomic E-state index is -0.186. The molecule has 3 N–H and O–H groups in total. The summed E-state index contributed by atoms with van der Waals surface area (Å²) in [6, 6.07) is 14.1. The molecule has 2 aromatic heterocycles. The van der Waals surface area contributed by atoms with E-state index in [0.29, 0.717) is 34.7 Å². The zero-order valence-electron chi connectivity index (χ0n) is 23.9. The number of anilines is 1. The van der Waals surface area contributed by atoms with Crippen molar-refractivity contribution in [3.8, 4) is 11.5 Å². The number of fused-ring (bicyclic) bond motifs is 1. The number of amides is 1. The number of thiophene rings is 1. The van der Waals surface area contributed by atoms with E-state index in [2.05, 4.69) is 25.7 Å².